The van der Waals surface area contributed by atoms with Crippen LogP contribution in [0.15, 0.2) is 5.03 Å². The number of nitrogens with zero attached hydrogens (tertiary/aromatic N) is 2. The molecule has 0 amide bonds. The first kappa shape index (κ1) is 11.3. The van der Waals surface area contributed by atoms with Gasteiger partial charge in [-0.25, -0.2) is 9.97 Å². The molecule has 0 atom stereocenters. The Labute approximate surface area is 89.5 Å². The van der Waals surface area contributed by atoms with Crippen molar-refractivity contribution in [3.63, 3.8) is 0 Å². The smallest absolute Gasteiger partial charge is 0.134 e. The van der Waals surface area contributed by atoms with E-state index in [2.05, 4.69) is 30.7 Å². The summed E-state index contributed by atoms with van der Waals surface area (Å²) in [5, 5.41) is 1.02. The number of hydrogen-bond donors (Lipinski definition) is 1. The second-order valence-corrected chi connectivity index (χ2v) is 4.74. The summed E-state index contributed by atoms with van der Waals surface area (Å²) < 4.78 is 0. The summed E-state index contributed by atoms with van der Waals surface area (Å²) in [5.41, 5.74) is 6.83. The van der Waals surface area contributed by atoms with Gasteiger partial charge in [-0.2, -0.15) is 0 Å². The first-order chi connectivity index (χ1) is 6.56. The van der Waals surface area contributed by atoms with Gasteiger partial charge in [0.2, 0.25) is 0 Å². The predicted molar refractivity (Wildman–Crippen MR) is 61.7 cm³/mol. The van der Waals surface area contributed by atoms with Crippen molar-refractivity contribution in [1.82, 2.24) is 9.97 Å². The summed E-state index contributed by atoms with van der Waals surface area (Å²) in [4.78, 5) is 8.76. The molecule has 0 saturated heterocycles. The highest BCUT2D eigenvalue weighted by molar-refractivity contribution is 7.99. The maximum absolute atomic E-state index is 5.83. The molecule has 2 N–H and O–H groups in total. The van der Waals surface area contributed by atoms with E-state index in [1.54, 1.807) is 11.8 Å². The molecule has 0 aliphatic rings. The molecule has 1 rings (SSSR count). The Hall–Kier alpha value is -0.770. The van der Waals surface area contributed by atoms with Gasteiger partial charge < -0.3 is 5.73 Å². The first-order valence-electron chi connectivity index (χ1n) is 4.83. The molecule has 0 radical (unpaired) electrons. The average molecular weight is 211 g/mol. The Bertz CT molecular complexity index is 323. The van der Waals surface area contributed by atoms with Gasteiger partial charge in [-0.3, -0.25) is 0 Å². The molecule has 0 aliphatic heterocycles. The summed E-state index contributed by atoms with van der Waals surface area (Å²) >= 11 is 1.72. The van der Waals surface area contributed by atoms with Crippen molar-refractivity contribution in [1.29, 1.82) is 0 Å². The first-order valence-corrected chi connectivity index (χ1v) is 5.81. The average Bonchev–Trinajstić information content (AvgIpc) is 2.12. The van der Waals surface area contributed by atoms with Gasteiger partial charge in [-0.05, 0) is 12.7 Å². The third kappa shape index (κ3) is 2.38. The van der Waals surface area contributed by atoms with Crippen LogP contribution in [0.3, 0.4) is 0 Å². The molecule has 3 nitrogen and oxygen atoms in total. The number of thioether (sulfide) groups is 1. The number of nitrogens with two attached hydrogens (primary N) is 1. The molecule has 0 aromatic carbocycles. The van der Waals surface area contributed by atoms with E-state index < -0.39 is 0 Å². The summed E-state index contributed by atoms with van der Waals surface area (Å²) in [6.07, 6.45) is 0. The van der Waals surface area contributed by atoms with Crippen LogP contribution >= 0.6 is 11.8 Å². The minimum absolute atomic E-state index is 0.328. The van der Waals surface area contributed by atoms with Crippen LogP contribution in [0, 0.1) is 6.92 Å². The molecule has 4 heteroatoms. The van der Waals surface area contributed by atoms with Crippen molar-refractivity contribution in [3.8, 4) is 0 Å². The molecule has 1 aromatic rings. The van der Waals surface area contributed by atoms with E-state index in [0.717, 1.165) is 22.2 Å². The van der Waals surface area contributed by atoms with E-state index in [1.807, 2.05) is 6.92 Å². The molecule has 14 heavy (non-hydrogen) atoms. The fourth-order valence-corrected chi connectivity index (χ4v) is 1.82. The van der Waals surface area contributed by atoms with Crippen LogP contribution < -0.4 is 5.73 Å². The Balaban J connectivity index is 3.14. The summed E-state index contributed by atoms with van der Waals surface area (Å²) in [6, 6.07) is 0. The van der Waals surface area contributed by atoms with Gasteiger partial charge in [0, 0.05) is 11.5 Å². The second kappa shape index (κ2) is 4.64. The van der Waals surface area contributed by atoms with E-state index >= 15 is 0 Å². The minimum atomic E-state index is 0.328. The highest BCUT2D eigenvalue weighted by Crippen LogP contribution is 2.24. The van der Waals surface area contributed by atoms with E-state index in [1.165, 1.54) is 0 Å². The van der Waals surface area contributed by atoms with Crippen LogP contribution in [0.5, 0.6) is 0 Å². The zero-order valence-electron chi connectivity index (χ0n) is 9.16. The van der Waals surface area contributed by atoms with E-state index in [4.69, 9.17) is 5.73 Å². The van der Waals surface area contributed by atoms with Gasteiger partial charge in [0.25, 0.3) is 0 Å². The lowest BCUT2D eigenvalue weighted by Crippen LogP contribution is -2.05. The number of nitrogen functional groups attached to an aromatic ring is 1. The fraction of sp³-hybridized carbons (Fsp3) is 0.600. The van der Waals surface area contributed by atoms with Crippen molar-refractivity contribution >= 4 is 17.6 Å². The SMILES string of the molecule is CCSc1nc(C(C)C)nc(N)c1C. The molecular formula is C10H17N3S. The number of hydrogen-bond acceptors (Lipinski definition) is 4. The molecule has 78 valence electrons. The Morgan fingerprint density at radius 1 is 1.36 bits per heavy atom. The van der Waals surface area contributed by atoms with Crippen LogP contribution in [0.1, 0.15) is 38.1 Å². The minimum Gasteiger partial charge on any atom is -0.383 e. The molecular weight excluding hydrogens is 194 g/mol. The molecule has 0 fully saturated rings. The third-order valence-electron chi connectivity index (χ3n) is 1.95. The number of aromatic nitrogens is 2. The lowest BCUT2D eigenvalue weighted by Gasteiger charge is -2.10. The number of anilines is 1. The Morgan fingerprint density at radius 2 is 2.00 bits per heavy atom. The zero-order chi connectivity index (χ0) is 10.7. The maximum atomic E-state index is 5.83. The Morgan fingerprint density at radius 3 is 2.50 bits per heavy atom. The number of rotatable bonds is 3. The van der Waals surface area contributed by atoms with Crippen molar-refractivity contribution < 1.29 is 0 Å². The van der Waals surface area contributed by atoms with Gasteiger partial charge in [-0.15, -0.1) is 11.8 Å². The predicted octanol–water partition coefficient (Wildman–Crippen LogP) is 2.60. The van der Waals surface area contributed by atoms with Crippen LogP contribution in [0.25, 0.3) is 0 Å². The second-order valence-electron chi connectivity index (χ2n) is 3.48. The maximum Gasteiger partial charge on any atom is 0.134 e. The van der Waals surface area contributed by atoms with Gasteiger partial charge in [-0.1, -0.05) is 20.8 Å². The van der Waals surface area contributed by atoms with Gasteiger partial charge in [0.15, 0.2) is 0 Å². The van der Waals surface area contributed by atoms with E-state index in [9.17, 15) is 0 Å². The van der Waals surface area contributed by atoms with Gasteiger partial charge in [0.05, 0.1) is 0 Å². The topological polar surface area (TPSA) is 51.8 Å². The third-order valence-corrected chi connectivity index (χ3v) is 2.91. The lowest BCUT2D eigenvalue weighted by atomic mass is 10.2. The quantitative estimate of drug-likeness (QED) is 0.617. The molecule has 0 unspecified atom stereocenters. The largest absolute Gasteiger partial charge is 0.383 e. The van der Waals surface area contributed by atoms with Crippen LogP contribution in [0.4, 0.5) is 5.82 Å². The van der Waals surface area contributed by atoms with Crippen molar-refractivity contribution in [2.75, 3.05) is 11.5 Å². The molecule has 0 spiro atoms. The summed E-state index contributed by atoms with van der Waals surface area (Å²) in [5.74, 6) is 2.78. The van der Waals surface area contributed by atoms with Gasteiger partial charge in [0.1, 0.15) is 16.7 Å². The normalized spacial score (nSPS) is 10.9. The van der Waals surface area contributed by atoms with Crippen molar-refractivity contribution in [2.45, 2.75) is 38.6 Å². The van der Waals surface area contributed by atoms with Crippen LogP contribution in [0.2, 0.25) is 0 Å². The molecule has 1 aromatic heterocycles. The molecule has 1 heterocycles. The molecule has 0 bridgehead atoms. The van der Waals surface area contributed by atoms with E-state index in [0.29, 0.717) is 11.7 Å². The Kier molecular flexibility index (Phi) is 3.75. The van der Waals surface area contributed by atoms with Crippen LogP contribution in [-0.2, 0) is 0 Å². The van der Waals surface area contributed by atoms with E-state index in [-0.39, 0.29) is 0 Å². The zero-order valence-corrected chi connectivity index (χ0v) is 9.98. The van der Waals surface area contributed by atoms with Crippen molar-refractivity contribution in [3.05, 3.63) is 11.4 Å². The van der Waals surface area contributed by atoms with Gasteiger partial charge >= 0.3 is 0 Å². The molecule has 0 aliphatic carbocycles. The highest BCUT2D eigenvalue weighted by atomic mass is 32.2. The fourth-order valence-electron chi connectivity index (χ4n) is 1.07. The summed E-state index contributed by atoms with van der Waals surface area (Å²) in [7, 11) is 0. The standard InChI is InChI=1S/C10H17N3S/c1-5-14-10-7(4)8(11)12-9(13-10)6(2)3/h6H,5H2,1-4H3,(H2,11,12,13). The van der Waals surface area contributed by atoms with Crippen LogP contribution in [-0.4, -0.2) is 15.7 Å². The highest BCUT2D eigenvalue weighted by Gasteiger charge is 2.10. The molecule has 0 saturated carbocycles. The monoisotopic (exact) mass is 211 g/mol. The van der Waals surface area contributed by atoms with Crippen molar-refractivity contribution in [2.24, 2.45) is 0 Å². The lowest BCUT2D eigenvalue weighted by molar-refractivity contribution is 0.751. The summed E-state index contributed by atoms with van der Waals surface area (Å²) in [6.45, 7) is 8.23.